The normalized spacial score (nSPS) is 12.0. The van der Waals surface area contributed by atoms with Gasteiger partial charge in [0.1, 0.15) is 11.5 Å². The van der Waals surface area contributed by atoms with Gasteiger partial charge in [-0.15, -0.1) is 0 Å². The number of methoxy groups -OCH3 is 2. The van der Waals surface area contributed by atoms with Crippen molar-refractivity contribution in [2.75, 3.05) is 14.2 Å². The molecule has 0 saturated carbocycles. The van der Waals surface area contributed by atoms with E-state index in [1.54, 1.807) is 14.2 Å². The third-order valence-corrected chi connectivity index (χ3v) is 4.09. The average Bonchev–Trinajstić information content (AvgIpc) is 2.46. The standard InChI is InChI=1S/C17H19BrO2/c1-12-5-4-6-13(9-12)10-16(18)15-8-7-14(19-2)11-17(15)20-3/h4-9,11,16H,10H2,1-3H3. The molecule has 0 fully saturated rings. The smallest absolute Gasteiger partial charge is 0.126 e. The van der Waals surface area contributed by atoms with Crippen LogP contribution in [-0.2, 0) is 6.42 Å². The summed E-state index contributed by atoms with van der Waals surface area (Å²) >= 11 is 3.76. The van der Waals surface area contributed by atoms with Gasteiger partial charge in [-0.05, 0) is 25.0 Å². The molecule has 0 spiro atoms. The second-order valence-electron chi connectivity index (χ2n) is 4.77. The Hall–Kier alpha value is -1.48. The highest BCUT2D eigenvalue weighted by atomic mass is 79.9. The fourth-order valence-corrected chi connectivity index (χ4v) is 2.99. The zero-order valence-electron chi connectivity index (χ0n) is 12.0. The van der Waals surface area contributed by atoms with Crippen LogP contribution in [0.2, 0.25) is 0 Å². The fraction of sp³-hybridized carbons (Fsp3) is 0.294. The molecule has 0 aliphatic rings. The third kappa shape index (κ3) is 3.54. The second-order valence-corrected chi connectivity index (χ2v) is 5.87. The molecule has 106 valence electrons. The molecule has 2 nitrogen and oxygen atoms in total. The number of aryl methyl sites for hydroxylation is 1. The topological polar surface area (TPSA) is 18.5 Å². The monoisotopic (exact) mass is 334 g/mol. The molecule has 0 heterocycles. The van der Waals surface area contributed by atoms with Crippen LogP contribution in [0.3, 0.4) is 0 Å². The van der Waals surface area contributed by atoms with Crippen LogP contribution in [-0.4, -0.2) is 14.2 Å². The van der Waals surface area contributed by atoms with Crippen molar-refractivity contribution in [2.24, 2.45) is 0 Å². The first kappa shape index (κ1) is 14.9. The van der Waals surface area contributed by atoms with Crippen LogP contribution in [0.1, 0.15) is 21.5 Å². The lowest BCUT2D eigenvalue weighted by molar-refractivity contribution is 0.391. The molecule has 0 bridgehead atoms. The van der Waals surface area contributed by atoms with Crippen LogP contribution >= 0.6 is 15.9 Å². The summed E-state index contributed by atoms with van der Waals surface area (Å²) in [6.45, 7) is 2.11. The molecular formula is C17H19BrO2. The molecule has 0 saturated heterocycles. The molecule has 0 amide bonds. The van der Waals surface area contributed by atoms with Crippen LogP contribution < -0.4 is 9.47 Å². The lowest BCUT2D eigenvalue weighted by Crippen LogP contribution is -1.99. The van der Waals surface area contributed by atoms with Gasteiger partial charge in [-0.1, -0.05) is 51.8 Å². The van der Waals surface area contributed by atoms with Gasteiger partial charge in [0.25, 0.3) is 0 Å². The number of halogens is 1. The van der Waals surface area contributed by atoms with Crippen molar-refractivity contribution in [2.45, 2.75) is 18.2 Å². The number of rotatable bonds is 5. The van der Waals surface area contributed by atoms with Gasteiger partial charge in [0.2, 0.25) is 0 Å². The largest absolute Gasteiger partial charge is 0.497 e. The predicted molar refractivity (Wildman–Crippen MR) is 86.1 cm³/mol. The van der Waals surface area contributed by atoms with Gasteiger partial charge in [0, 0.05) is 16.5 Å². The highest BCUT2D eigenvalue weighted by Gasteiger charge is 2.14. The van der Waals surface area contributed by atoms with Gasteiger partial charge in [-0.2, -0.15) is 0 Å². The minimum absolute atomic E-state index is 0.213. The van der Waals surface area contributed by atoms with Crippen molar-refractivity contribution < 1.29 is 9.47 Å². The van der Waals surface area contributed by atoms with Crippen molar-refractivity contribution in [3.05, 3.63) is 59.2 Å². The van der Waals surface area contributed by atoms with E-state index in [4.69, 9.17) is 9.47 Å². The van der Waals surface area contributed by atoms with E-state index in [0.717, 1.165) is 23.5 Å². The Morgan fingerprint density at radius 3 is 2.50 bits per heavy atom. The summed E-state index contributed by atoms with van der Waals surface area (Å²) in [4.78, 5) is 0.213. The highest BCUT2D eigenvalue weighted by molar-refractivity contribution is 9.09. The van der Waals surface area contributed by atoms with E-state index in [9.17, 15) is 0 Å². The summed E-state index contributed by atoms with van der Waals surface area (Å²) < 4.78 is 10.7. The lowest BCUT2D eigenvalue weighted by Gasteiger charge is -2.15. The molecule has 2 rings (SSSR count). The molecule has 2 aromatic carbocycles. The molecule has 3 heteroatoms. The van der Waals surface area contributed by atoms with Crippen molar-refractivity contribution in [3.8, 4) is 11.5 Å². The first-order chi connectivity index (χ1) is 9.63. The number of hydrogen-bond acceptors (Lipinski definition) is 2. The first-order valence-electron chi connectivity index (χ1n) is 6.55. The number of benzene rings is 2. The van der Waals surface area contributed by atoms with Crippen LogP contribution in [0.25, 0.3) is 0 Å². The first-order valence-corrected chi connectivity index (χ1v) is 7.47. The summed E-state index contributed by atoms with van der Waals surface area (Å²) in [5, 5.41) is 0. The lowest BCUT2D eigenvalue weighted by atomic mass is 10.0. The van der Waals surface area contributed by atoms with Crippen LogP contribution in [0, 0.1) is 6.92 Å². The maximum absolute atomic E-state index is 5.46. The van der Waals surface area contributed by atoms with Gasteiger partial charge >= 0.3 is 0 Å². The van der Waals surface area contributed by atoms with E-state index in [1.807, 2.05) is 18.2 Å². The molecule has 0 aliphatic heterocycles. The molecule has 1 unspecified atom stereocenters. The molecule has 0 radical (unpaired) electrons. The minimum atomic E-state index is 0.213. The predicted octanol–water partition coefficient (Wildman–Crippen LogP) is 4.69. The Labute approximate surface area is 128 Å². The van der Waals surface area contributed by atoms with E-state index in [1.165, 1.54) is 11.1 Å². The molecule has 20 heavy (non-hydrogen) atoms. The van der Waals surface area contributed by atoms with E-state index < -0.39 is 0 Å². The van der Waals surface area contributed by atoms with Crippen LogP contribution in [0.4, 0.5) is 0 Å². The van der Waals surface area contributed by atoms with Crippen molar-refractivity contribution >= 4 is 15.9 Å². The summed E-state index contributed by atoms with van der Waals surface area (Å²) in [6, 6.07) is 14.5. The van der Waals surface area contributed by atoms with Gasteiger partial charge in [-0.3, -0.25) is 0 Å². The maximum Gasteiger partial charge on any atom is 0.126 e. The van der Waals surface area contributed by atoms with E-state index in [2.05, 4.69) is 47.1 Å². The summed E-state index contributed by atoms with van der Waals surface area (Å²) in [5.74, 6) is 1.65. The summed E-state index contributed by atoms with van der Waals surface area (Å²) in [6.07, 6.45) is 0.921. The van der Waals surface area contributed by atoms with Crippen molar-refractivity contribution in [1.82, 2.24) is 0 Å². The Bertz CT molecular complexity index is 581. The van der Waals surface area contributed by atoms with Crippen molar-refractivity contribution in [3.63, 3.8) is 0 Å². The molecule has 0 aromatic heterocycles. The van der Waals surface area contributed by atoms with E-state index >= 15 is 0 Å². The molecule has 2 aromatic rings. The highest BCUT2D eigenvalue weighted by Crippen LogP contribution is 2.36. The number of hydrogen-bond donors (Lipinski definition) is 0. The Balaban J connectivity index is 2.22. The number of alkyl halides is 1. The SMILES string of the molecule is COc1ccc(C(Br)Cc2cccc(C)c2)c(OC)c1. The quantitative estimate of drug-likeness (QED) is 0.738. The summed E-state index contributed by atoms with van der Waals surface area (Å²) in [5.41, 5.74) is 3.73. The zero-order chi connectivity index (χ0) is 14.5. The Morgan fingerprint density at radius 1 is 1.05 bits per heavy atom. The zero-order valence-corrected chi connectivity index (χ0v) is 13.6. The van der Waals surface area contributed by atoms with Crippen molar-refractivity contribution in [1.29, 1.82) is 0 Å². The third-order valence-electron chi connectivity index (χ3n) is 3.28. The van der Waals surface area contributed by atoms with E-state index in [0.29, 0.717) is 0 Å². The molecule has 0 aliphatic carbocycles. The Kier molecular flexibility index (Phi) is 5.07. The minimum Gasteiger partial charge on any atom is -0.497 e. The van der Waals surface area contributed by atoms with Gasteiger partial charge in [0.05, 0.1) is 14.2 Å². The van der Waals surface area contributed by atoms with Crippen LogP contribution in [0.15, 0.2) is 42.5 Å². The van der Waals surface area contributed by atoms with Gasteiger partial charge < -0.3 is 9.47 Å². The fourth-order valence-electron chi connectivity index (χ4n) is 2.23. The van der Waals surface area contributed by atoms with Crippen LogP contribution in [0.5, 0.6) is 11.5 Å². The number of ether oxygens (including phenoxy) is 2. The molecular weight excluding hydrogens is 316 g/mol. The molecule has 1 atom stereocenters. The summed E-state index contributed by atoms with van der Waals surface area (Å²) in [7, 11) is 3.34. The molecule has 0 N–H and O–H groups in total. The maximum atomic E-state index is 5.46. The second kappa shape index (κ2) is 6.80. The van der Waals surface area contributed by atoms with E-state index in [-0.39, 0.29) is 4.83 Å². The van der Waals surface area contributed by atoms with Gasteiger partial charge in [-0.25, -0.2) is 0 Å². The van der Waals surface area contributed by atoms with Gasteiger partial charge in [0.15, 0.2) is 0 Å². The Morgan fingerprint density at radius 2 is 1.85 bits per heavy atom. The average molecular weight is 335 g/mol.